The number of rotatable bonds is 15. The Balaban J connectivity index is 0.000000107. The van der Waals surface area contributed by atoms with Crippen LogP contribution in [0, 0.1) is 0 Å². The van der Waals surface area contributed by atoms with Gasteiger partial charge in [0.15, 0.2) is 18.6 Å². The number of halogens is 4. The average molecular weight is 2220 g/mol. The molecule has 0 amide bonds. The van der Waals surface area contributed by atoms with E-state index in [4.69, 9.17) is 41.4 Å². The maximum absolute atomic E-state index is 14.9. The fourth-order valence-electron chi connectivity index (χ4n) is 18.7. The van der Waals surface area contributed by atoms with Crippen molar-refractivity contribution in [3.8, 4) is 101 Å². The van der Waals surface area contributed by atoms with E-state index in [1.165, 1.54) is 0 Å². The number of nitrogen functional groups attached to an aromatic ring is 2. The second kappa shape index (κ2) is 44.0. The van der Waals surface area contributed by atoms with E-state index in [2.05, 4.69) is 265 Å². The number of fused-ring (bicyclic) bond motifs is 13. The monoisotopic (exact) mass is 2220 g/mol. The van der Waals surface area contributed by atoms with Gasteiger partial charge in [-0.3, -0.25) is 4.79 Å². The lowest BCUT2D eigenvalue weighted by Gasteiger charge is -2.20. The first-order chi connectivity index (χ1) is 73.6. The number of imidazole rings is 5. The number of para-hydroxylation sites is 3. The van der Waals surface area contributed by atoms with Crippen molar-refractivity contribution >= 4 is 176 Å². The number of carbonyl (C=O) groups is 1. The Kier molecular flexibility index (Phi) is 28.5. The van der Waals surface area contributed by atoms with Crippen molar-refractivity contribution in [3.63, 3.8) is 0 Å². The fourth-order valence-corrected chi connectivity index (χ4v) is 22.6. The van der Waals surface area contributed by atoms with Gasteiger partial charge in [0.2, 0.25) is 0 Å². The molecule has 22 heteroatoms. The molecular weight excluding hydrogens is 2130 g/mol. The maximum Gasteiger partial charge on any atom is 0.171 e. The predicted molar refractivity (Wildman–Crippen MR) is 628 cm³/mol. The molecule has 13 aromatic heterocycles. The van der Waals surface area contributed by atoms with Gasteiger partial charge in [0.1, 0.15) is 28.4 Å². The van der Waals surface area contributed by atoms with Crippen molar-refractivity contribution < 1.29 is 9.36 Å². The number of Topliss-reactive ketones (excluding diaryl/α,β-unsaturated/α-hetero) is 1. The van der Waals surface area contributed by atoms with Crippen LogP contribution in [-0.4, -0.2) is 67.7 Å². The standard InChI is InChI=1S/C38H26N3OP.C27H19BrN2O.C26H16BrN3.C19H15N3.C13H9BrN2.C5H5BrN2/c42-43(29-14-6-2-7-15-29,30-16-8-3-9-17-30)31-22-20-28(21-23-31)37-33-24-25-41-26-35(27-12-4-1-5-13-27)40-38(41)36(33)32-18-10-11-19-34(32)39-37;28-22-14-12-20(13-15-22)26(31)17-21-9-4-5-10-23(21)24-11-6-16-30-18-25(29-27(24)30)19-7-2-1-3-8-19;27-19-12-10-18(11-13-19)25-21-14-15-30-16-23(17-6-2-1-3-7-17)29-26(30)24(21)20-8-4-5-9-22(20)28-25;20-17-11-5-4-9-15(17)16-10-6-12-22-13-18(21-19(16)22)14-7-2-1-3-8-14;14-11-7-4-8-16-9-12(15-13(11)16)10-5-2-1-3-6-10;6-4-2-1-3-8-5(4)7/h1-26H;1-16,18H,17H2;1-16H;1-13H,20H2;1-9H;1-3H,(H2,7,8). The van der Waals surface area contributed by atoms with Crippen molar-refractivity contribution in [2.24, 2.45) is 0 Å². The van der Waals surface area contributed by atoms with Crippen LogP contribution in [0.2, 0.25) is 0 Å². The third-order valence-electron chi connectivity index (χ3n) is 26.0. The first-order valence-corrected chi connectivity index (χ1v) is 53.4. The summed E-state index contributed by atoms with van der Waals surface area (Å²) in [5, 5.41) is 8.93. The summed E-state index contributed by atoms with van der Waals surface area (Å²) in [5.41, 5.74) is 38.7. The zero-order valence-corrected chi connectivity index (χ0v) is 87.7. The highest BCUT2D eigenvalue weighted by molar-refractivity contribution is 9.11. The second-order valence-corrected chi connectivity index (χ2v) is 41.8. The Labute approximate surface area is 898 Å². The van der Waals surface area contributed by atoms with Crippen LogP contribution >= 0.6 is 70.9 Å². The molecule has 0 bridgehead atoms. The van der Waals surface area contributed by atoms with Gasteiger partial charge in [-0.15, -0.1) is 0 Å². The van der Waals surface area contributed by atoms with Gasteiger partial charge in [-0.05, 0) is 146 Å². The molecule has 722 valence electrons. The number of anilines is 2. The number of pyridine rings is 8. The second-order valence-electron chi connectivity index (χ2n) is 35.5. The minimum absolute atomic E-state index is 0.0974. The number of nitrogens with two attached hydrogens (primary N) is 2. The molecule has 4 N–H and O–H groups in total. The summed E-state index contributed by atoms with van der Waals surface area (Å²) in [5.74, 6) is 0.632. The van der Waals surface area contributed by atoms with E-state index in [0.717, 1.165) is 218 Å². The predicted octanol–water partition coefficient (Wildman–Crippen LogP) is 31.4. The zero-order chi connectivity index (χ0) is 102. The summed E-state index contributed by atoms with van der Waals surface area (Å²) < 4.78 is 29.1. The highest BCUT2D eigenvalue weighted by atomic mass is 79.9. The summed E-state index contributed by atoms with van der Waals surface area (Å²) in [6, 6.07) is 147. The molecule has 0 saturated heterocycles. The summed E-state index contributed by atoms with van der Waals surface area (Å²) >= 11 is 13.7. The highest BCUT2D eigenvalue weighted by Crippen LogP contribution is 2.45. The molecule has 0 atom stereocenters. The number of hydrogen-bond acceptors (Lipinski definition) is 12. The van der Waals surface area contributed by atoms with Crippen LogP contribution in [0.5, 0.6) is 0 Å². The zero-order valence-electron chi connectivity index (χ0n) is 80.4. The first-order valence-electron chi connectivity index (χ1n) is 48.6. The van der Waals surface area contributed by atoms with Gasteiger partial charge in [0, 0.05) is 199 Å². The van der Waals surface area contributed by atoms with Crippen LogP contribution in [0.1, 0.15) is 15.9 Å². The molecule has 27 aromatic rings. The Hall–Kier alpha value is -17.6. The minimum atomic E-state index is -3.07. The Morgan fingerprint density at radius 1 is 0.267 bits per heavy atom. The largest absolute Gasteiger partial charge is 0.398 e. The average Bonchev–Trinajstić information content (AvgIpc) is 1.54. The van der Waals surface area contributed by atoms with Crippen LogP contribution in [0.15, 0.2) is 529 Å². The van der Waals surface area contributed by atoms with Crippen LogP contribution in [0.3, 0.4) is 0 Å². The van der Waals surface area contributed by atoms with Crippen LogP contribution in [-0.2, 0) is 11.0 Å². The number of nitrogens with zero attached hydrogens (tertiary/aromatic N) is 13. The number of aromatic nitrogens is 13. The van der Waals surface area contributed by atoms with Gasteiger partial charge in [-0.25, -0.2) is 39.9 Å². The molecule has 0 unspecified atom stereocenters. The van der Waals surface area contributed by atoms with Crippen molar-refractivity contribution in [1.29, 1.82) is 0 Å². The van der Waals surface area contributed by atoms with Crippen molar-refractivity contribution in [2.75, 3.05) is 11.5 Å². The lowest BCUT2D eigenvalue weighted by Crippen LogP contribution is -2.24. The topological polar surface area (TPSA) is 211 Å². The highest BCUT2D eigenvalue weighted by Gasteiger charge is 2.31. The normalized spacial score (nSPS) is 11.2. The van der Waals surface area contributed by atoms with Crippen LogP contribution in [0.4, 0.5) is 11.5 Å². The summed E-state index contributed by atoms with van der Waals surface area (Å²) in [4.78, 5) is 51.4. The van der Waals surface area contributed by atoms with Gasteiger partial charge >= 0.3 is 0 Å². The van der Waals surface area contributed by atoms with Gasteiger partial charge in [0.05, 0.1) is 59.8 Å². The molecule has 0 aliphatic rings. The molecule has 0 saturated carbocycles. The quantitative estimate of drug-likeness (QED) is 0.0425. The molecule has 14 aromatic carbocycles. The summed E-state index contributed by atoms with van der Waals surface area (Å²) in [6.45, 7) is 0. The molecule has 27 rings (SSSR count). The van der Waals surface area contributed by atoms with E-state index in [1.807, 2.05) is 336 Å². The van der Waals surface area contributed by atoms with Gasteiger partial charge in [0.25, 0.3) is 0 Å². The Morgan fingerprint density at radius 3 is 1.02 bits per heavy atom. The molecular formula is C128H90Br4N15O2P. The van der Waals surface area contributed by atoms with E-state index < -0.39 is 7.14 Å². The van der Waals surface area contributed by atoms with Gasteiger partial charge in [-0.1, -0.05) is 372 Å². The fraction of sp³-hybridized carbons (Fsp3) is 0.00781. The summed E-state index contributed by atoms with van der Waals surface area (Å²) in [6.07, 6.45) is 22.5. The molecule has 150 heavy (non-hydrogen) atoms. The molecule has 17 nitrogen and oxygen atoms in total. The van der Waals surface area contributed by atoms with Crippen molar-refractivity contribution in [2.45, 2.75) is 6.42 Å². The smallest absolute Gasteiger partial charge is 0.171 e. The number of carbonyl (C=O) groups excluding carboxylic acids is 1. The van der Waals surface area contributed by atoms with Crippen molar-refractivity contribution in [3.05, 3.63) is 540 Å². The third-order valence-corrected chi connectivity index (χ3v) is 31.5. The molecule has 0 aliphatic heterocycles. The molecule has 0 radical (unpaired) electrons. The number of ketones is 1. The third kappa shape index (κ3) is 20.6. The van der Waals surface area contributed by atoms with E-state index in [0.29, 0.717) is 17.8 Å². The lowest BCUT2D eigenvalue weighted by atomic mass is 9.95. The number of benzene rings is 14. The number of hydrogen-bond donors (Lipinski definition) is 2. The van der Waals surface area contributed by atoms with E-state index >= 15 is 0 Å². The molecule has 0 aliphatic carbocycles. The lowest BCUT2D eigenvalue weighted by molar-refractivity contribution is 0.0993. The van der Waals surface area contributed by atoms with E-state index in [1.54, 1.807) is 6.20 Å². The minimum Gasteiger partial charge on any atom is -0.398 e. The van der Waals surface area contributed by atoms with E-state index in [9.17, 15) is 9.36 Å². The van der Waals surface area contributed by atoms with Gasteiger partial charge in [-0.2, -0.15) is 0 Å². The Morgan fingerprint density at radius 2 is 0.600 bits per heavy atom. The molecule has 0 fully saturated rings. The van der Waals surface area contributed by atoms with Crippen LogP contribution < -0.4 is 27.4 Å². The summed E-state index contributed by atoms with van der Waals surface area (Å²) in [7, 11) is -3.07. The molecule has 0 spiro atoms. The van der Waals surface area contributed by atoms with Crippen molar-refractivity contribution in [1.82, 2.24) is 61.9 Å². The van der Waals surface area contributed by atoms with Crippen LogP contribution in [0.25, 0.3) is 173 Å². The SMILES string of the molecule is Brc1ccc(-c2nc3ccccc3c3c2ccn2cc(-c4ccccc4)nc32)cc1.Brc1cccn2cc(-c3ccccc3)nc12.Nc1ccccc1-c1cccn2cc(-c3ccccc3)nc12.Nc1ncccc1Br.O=C(Cc1ccccc1-c1cccn2cc(-c3ccccc3)nc12)c1ccc(Br)cc1.O=P(c1ccccc1)(c1ccccc1)c1ccc(-c2nc3ccccc3c3c2ccn2cc(-c4ccccc4)nc32)cc1. The Bertz CT molecular complexity index is 9540. The maximum atomic E-state index is 14.9. The molecule has 13 heterocycles. The van der Waals surface area contributed by atoms with E-state index in [-0.39, 0.29) is 5.78 Å². The van der Waals surface area contributed by atoms with Gasteiger partial charge < -0.3 is 38.0 Å². The first kappa shape index (κ1) is 97.2.